The number of rotatable bonds is 8. The molecule has 0 saturated carbocycles. The molecule has 156 valence electrons. The van der Waals surface area contributed by atoms with Crippen LogP contribution in [0.3, 0.4) is 0 Å². The number of ether oxygens (including phenoxy) is 1. The first-order chi connectivity index (χ1) is 14.5. The molecule has 0 aliphatic heterocycles. The number of esters is 1. The minimum absolute atomic E-state index is 0.153. The van der Waals surface area contributed by atoms with Crippen molar-refractivity contribution in [3.8, 4) is 5.75 Å². The van der Waals surface area contributed by atoms with Crippen molar-refractivity contribution in [3.05, 3.63) is 94.5 Å². The van der Waals surface area contributed by atoms with Crippen LogP contribution in [0.2, 0.25) is 5.02 Å². The highest BCUT2D eigenvalue weighted by Crippen LogP contribution is 2.31. The van der Waals surface area contributed by atoms with Crippen LogP contribution >= 0.6 is 11.6 Å². The molecule has 2 unspecified atom stereocenters. The molecular weight excluding hydrogens is 402 g/mol. The number of anilines is 1. The summed E-state index contributed by atoms with van der Waals surface area (Å²) in [6, 6.07) is 20.8. The van der Waals surface area contributed by atoms with E-state index in [4.69, 9.17) is 16.3 Å². The second-order valence-corrected chi connectivity index (χ2v) is 7.33. The summed E-state index contributed by atoms with van der Waals surface area (Å²) in [5.74, 6) is -0.207. The van der Waals surface area contributed by atoms with Crippen molar-refractivity contribution in [3.63, 3.8) is 0 Å². The Morgan fingerprint density at radius 1 is 0.967 bits per heavy atom. The van der Waals surface area contributed by atoms with Crippen molar-refractivity contribution in [2.75, 3.05) is 11.9 Å². The molecule has 0 radical (unpaired) electrons. The summed E-state index contributed by atoms with van der Waals surface area (Å²) in [5, 5.41) is 24.3. The fraction of sp³-hybridized carbons (Fsp3) is 0.208. The monoisotopic (exact) mass is 425 g/mol. The predicted octanol–water partition coefficient (Wildman–Crippen LogP) is 5.50. The van der Waals surface area contributed by atoms with Crippen molar-refractivity contribution >= 4 is 23.3 Å². The molecule has 3 aromatic carbocycles. The molecule has 0 aliphatic rings. The van der Waals surface area contributed by atoms with Gasteiger partial charge in [-0.3, -0.25) is 0 Å². The lowest BCUT2D eigenvalue weighted by Gasteiger charge is -2.24. The molecule has 30 heavy (non-hydrogen) atoms. The fourth-order valence-corrected chi connectivity index (χ4v) is 3.27. The van der Waals surface area contributed by atoms with Crippen LogP contribution in [0.4, 0.5) is 5.69 Å². The van der Waals surface area contributed by atoms with E-state index in [-0.39, 0.29) is 17.8 Å². The fourth-order valence-electron chi connectivity index (χ4n) is 3.15. The molecule has 0 spiro atoms. The Balaban J connectivity index is 1.80. The van der Waals surface area contributed by atoms with Crippen LogP contribution < -0.4 is 5.32 Å². The van der Waals surface area contributed by atoms with Crippen molar-refractivity contribution in [1.29, 1.82) is 0 Å². The summed E-state index contributed by atoms with van der Waals surface area (Å²) in [6.07, 6.45) is -0.343. The minimum Gasteiger partial charge on any atom is -0.508 e. The molecule has 0 heterocycles. The molecule has 3 N–H and O–H groups in total. The van der Waals surface area contributed by atoms with Crippen molar-refractivity contribution in [2.24, 2.45) is 0 Å². The first-order valence-electron chi connectivity index (χ1n) is 9.72. The van der Waals surface area contributed by atoms with E-state index in [2.05, 4.69) is 5.32 Å². The third-order valence-corrected chi connectivity index (χ3v) is 5.00. The van der Waals surface area contributed by atoms with E-state index < -0.39 is 6.10 Å². The maximum absolute atomic E-state index is 11.9. The highest BCUT2D eigenvalue weighted by atomic mass is 35.5. The SMILES string of the molecule is CCOC(=O)c1ccc(NC(CC(O)c2ccc(O)cc2)c2ccc(Cl)cc2)cc1. The second kappa shape index (κ2) is 10.1. The van der Waals surface area contributed by atoms with Gasteiger partial charge in [0.05, 0.1) is 24.3 Å². The maximum atomic E-state index is 11.9. The summed E-state index contributed by atoms with van der Waals surface area (Å²) >= 11 is 6.03. The zero-order valence-corrected chi connectivity index (χ0v) is 17.3. The third kappa shape index (κ3) is 5.75. The normalized spacial score (nSPS) is 12.8. The van der Waals surface area contributed by atoms with Gasteiger partial charge < -0.3 is 20.3 Å². The molecular formula is C24H24ClNO4. The number of aliphatic hydroxyl groups excluding tert-OH is 1. The molecule has 0 saturated heterocycles. The molecule has 0 aliphatic carbocycles. The van der Waals surface area contributed by atoms with Gasteiger partial charge in [0, 0.05) is 17.1 Å². The van der Waals surface area contributed by atoms with Gasteiger partial charge in [-0.05, 0) is 66.6 Å². The number of carbonyl (C=O) groups excluding carboxylic acids is 1. The van der Waals surface area contributed by atoms with E-state index in [0.717, 1.165) is 11.3 Å². The lowest BCUT2D eigenvalue weighted by atomic mass is 9.96. The summed E-state index contributed by atoms with van der Waals surface area (Å²) in [6.45, 7) is 2.09. The topological polar surface area (TPSA) is 78.8 Å². The number of halogens is 1. The van der Waals surface area contributed by atoms with E-state index in [1.54, 1.807) is 43.3 Å². The van der Waals surface area contributed by atoms with Gasteiger partial charge in [0.1, 0.15) is 5.75 Å². The van der Waals surface area contributed by atoms with Gasteiger partial charge in [0.25, 0.3) is 0 Å². The lowest BCUT2D eigenvalue weighted by Crippen LogP contribution is -2.15. The quantitative estimate of drug-likeness (QED) is 0.415. The Morgan fingerprint density at radius 2 is 1.57 bits per heavy atom. The minimum atomic E-state index is -0.738. The number of nitrogens with one attached hydrogen (secondary N) is 1. The van der Waals surface area contributed by atoms with E-state index in [1.165, 1.54) is 0 Å². The summed E-state index contributed by atoms with van der Waals surface area (Å²) in [5.41, 5.74) is 2.97. The zero-order chi connectivity index (χ0) is 21.5. The van der Waals surface area contributed by atoms with Crippen LogP contribution in [-0.4, -0.2) is 22.8 Å². The molecule has 3 rings (SSSR count). The molecule has 6 heteroatoms. The van der Waals surface area contributed by atoms with Crippen LogP contribution in [0, 0.1) is 0 Å². The molecule has 0 bridgehead atoms. The van der Waals surface area contributed by atoms with Gasteiger partial charge in [-0.1, -0.05) is 35.9 Å². The summed E-state index contributed by atoms with van der Waals surface area (Å²) in [4.78, 5) is 11.9. The number of aromatic hydroxyl groups is 1. The van der Waals surface area contributed by atoms with E-state index in [9.17, 15) is 15.0 Å². The highest BCUT2D eigenvalue weighted by Gasteiger charge is 2.18. The maximum Gasteiger partial charge on any atom is 0.338 e. The lowest BCUT2D eigenvalue weighted by molar-refractivity contribution is 0.0526. The Bertz CT molecular complexity index is 956. The summed E-state index contributed by atoms with van der Waals surface area (Å²) in [7, 11) is 0. The first kappa shape index (κ1) is 21.7. The smallest absolute Gasteiger partial charge is 0.338 e. The molecule has 0 aromatic heterocycles. The number of phenolic OH excluding ortho intramolecular Hbond substituents is 1. The molecule has 2 atom stereocenters. The number of benzene rings is 3. The Morgan fingerprint density at radius 3 is 2.17 bits per heavy atom. The largest absolute Gasteiger partial charge is 0.508 e. The number of hydrogen-bond acceptors (Lipinski definition) is 5. The summed E-state index contributed by atoms with van der Waals surface area (Å²) < 4.78 is 5.02. The predicted molar refractivity (Wildman–Crippen MR) is 118 cm³/mol. The van der Waals surface area contributed by atoms with Crippen molar-refractivity contribution in [1.82, 2.24) is 0 Å². The van der Waals surface area contributed by atoms with Gasteiger partial charge in [0.2, 0.25) is 0 Å². The van der Waals surface area contributed by atoms with Crippen LogP contribution in [-0.2, 0) is 4.74 Å². The Hall–Kier alpha value is -3.02. The van der Waals surface area contributed by atoms with Crippen molar-refractivity contribution < 1.29 is 19.7 Å². The number of carbonyl (C=O) groups is 1. The Kier molecular flexibility index (Phi) is 7.33. The molecule has 3 aromatic rings. The van der Waals surface area contributed by atoms with Gasteiger partial charge in [-0.25, -0.2) is 4.79 Å². The number of hydrogen-bond donors (Lipinski definition) is 3. The van der Waals surface area contributed by atoms with Crippen LogP contribution in [0.25, 0.3) is 0 Å². The van der Waals surface area contributed by atoms with Gasteiger partial charge in [-0.15, -0.1) is 0 Å². The average Bonchev–Trinajstić information content (AvgIpc) is 2.75. The Labute approximate surface area is 180 Å². The standard InChI is InChI=1S/C24H24ClNO4/c1-2-30-24(29)18-5-11-20(12-6-18)26-22(16-3-9-19(25)10-4-16)15-23(28)17-7-13-21(27)14-8-17/h3-14,22-23,26-28H,2,15H2,1H3. The molecule has 5 nitrogen and oxygen atoms in total. The van der Waals surface area contributed by atoms with Crippen LogP contribution in [0.15, 0.2) is 72.8 Å². The average molecular weight is 426 g/mol. The second-order valence-electron chi connectivity index (χ2n) is 6.89. The van der Waals surface area contributed by atoms with Crippen LogP contribution in [0.1, 0.15) is 47.0 Å². The van der Waals surface area contributed by atoms with E-state index >= 15 is 0 Å². The molecule has 0 fully saturated rings. The van der Waals surface area contributed by atoms with E-state index in [0.29, 0.717) is 29.2 Å². The highest BCUT2D eigenvalue weighted by molar-refractivity contribution is 6.30. The van der Waals surface area contributed by atoms with Crippen molar-refractivity contribution in [2.45, 2.75) is 25.5 Å². The first-order valence-corrected chi connectivity index (χ1v) is 10.1. The van der Waals surface area contributed by atoms with E-state index in [1.807, 2.05) is 36.4 Å². The third-order valence-electron chi connectivity index (χ3n) is 4.75. The number of aliphatic hydroxyl groups is 1. The van der Waals surface area contributed by atoms with Gasteiger partial charge >= 0.3 is 5.97 Å². The van der Waals surface area contributed by atoms with Gasteiger partial charge in [-0.2, -0.15) is 0 Å². The van der Waals surface area contributed by atoms with Gasteiger partial charge in [0.15, 0.2) is 0 Å². The zero-order valence-electron chi connectivity index (χ0n) is 16.6. The number of phenols is 1. The van der Waals surface area contributed by atoms with Crippen LogP contribution in [0.5, 0.6) is 5.75 Å². The molecule has 0 amide bonds.